The highest BCUT2D eigenvalue weighted by molar-refractivity contribution is 8.18. The van der Waals surface area contributed by atoms with Crippen LogP contribution in [0.5, 0.6) is 11.5 Å². The summed E-state index contributed by atoms with van der Waals surface area (Å²) in [4.78, 5) is 26.7. The summed E-state index contributed by atoms with van der Waals surface area (Å²) >= 11 is 13.2. The fourth-order valence-corrected chi connectivity index (χ4v) is 4.01. The molecule has 1 fully saturated rings. The second-order valence-electron chi connectivity index (χ2n) is 6.77. The van der Waals surface area contributed by atoms with Crippen LogP contribution in [-0.2, 0) is 11.3 Å². The minimum absolute atomic E-state index is 0.0217. The molecule has 5 nitrogen and oxygen atoms in total. The first-order chi connectivity index (χ1) is 14.3. The van der Waals surface area contributed by atoms with Gasteiger partial charge in [-0.15, -0.1) is 0 Å². The number of ether oxygens (including phenoxy) is 2. The van der Waals surface area contributed by atoms with E-state index in [9.17, 15) is 9.59 Å². The Balaban J connectivity index is 1.84. The summed E-state index contributed by atoms with van der Waals surface area (Å²) < 4.78 is 11.3. The zero-order valence-corrected chi connectivity index (χ0v) is 19.1. The highest BCUT2D eigenvalue weighted by Crippen LogP contribution is 2.39. The van der Waals surface area contributed by atoms with Gasteiger partial charge in [0, 0.05) is 5.02 Å². The maximum absolute atomic E-state index is 12.8. The number of benzene rings is 2. The lowest BCUT2D eigenvalue weighted by molar-refractivity contribution is -0.123. The quantitative estimate of drug-likeness (QED) is 0.441. The molecule has 3 rings (SSSR count). The van der Waals surface area contributed by atoms with E-state index in [1.54, 1.807) is 42.5 Å². The van der Waals surface area contributed by atoms with Crippen LogP contribution in [-0.4, -0.2) is 29.3 Å². The van der Waals surface area contributed by atoms with Crippen LogP contribution in [0.1, 0.15) is 31.4 Å². The topological polar surface area (TPSA) is 55.8 Å². The van der Waals surface area contributed by atoms with Crippen molar-refractivity contribution in [2.45, 2.75) is 32.9 Å². The van der Waals surface area contributed by atoms with Crippen LogP contribution in [0.4, 0.5) is 4.79 Å². The van der Waals surface area contributed by atoms with Crippen molar-refractivity contribution < 1.29 is 19.1 Å². The summed E-state index contributed by atoms with van der Waals surface area (Å²) in [6, 6.07) is 10.4. The van der Waals surface area contributed by atoms with Crippen molar-refractivity contribution in [1.29, 1.82) is 0 Å². The van der Waals surface area contributed by atoms with E-state index in [4.69, 9.17) is 32.7 Å². The Hall–Kier alpha value is -2.15. The number of carbonyl (C=O) groups is 2. The van der Waals surface area contributed by atoms with Crippen molar-refractivity contribution in [3.05, 3.63) is 62.5 Å². The van der Waals surface area contributed by atoms with Gasteiger partial charge in [-0.25, -0.2) is 0 Å². The first-order valence-electron chi connectivity index (χ1n) is 9.36. The van der Waals surface area contributed by atoms with Crippen molar-refractivity contribution in [3.63, 3.8) is 0 Å². The lowest BCUT2D eigenvalue weighted by Crippen LogP contribution is -2.27. The molecule has 1 saturated heterocycles. The van der Waals surface area contributed by atoms with Gasteiger partial charge in [-0.2, -0.15) is 0 Å². The summed E-state index contributed by atoms with van der Waals surface area (Å²) in [5.74, 6) is 0.575. The number of halogens is 2. The zero-order valence-electron chi connectivity index (χ0n) is 16.8. The van der Waals surface area contributed by atoms with Gasteiger partial charge >= 0.3 is 0 Å². The van der Waals surface area contributed by atoms with Crippen LogP contribution >= 0.6 is 35.0 Å². The van der Waals surface area contributed by atoms with E-state index < -0.39 is 0 Å². The Kier molecular flexibility index (Phi) is 7.34. The zero-order chi connectivity index (χ0) is 21.8. The number of carbonyl (C=O) groups excluding carboxylic acids is 2. The highest BCUT2D eigenvalue weighted by Gasteiger charge is 2.35. The Morgan fingerprint density at radius 1 is 1.17 bits per heavy atom. The van der Waals surface area contributed by atoms with Gasteiger partial charge < -0.3 is 9.47 Å². The number of hydrogen-bond donors (Lipinski definition) is 0. The summed E-state index contributed by atoms with van der Waals surface area (Å²) in [7, 11) is 1.53. The highest BCUT2D eigenvalue weighted by atomic mass is 35.5. The van der Waals surface area contributed by atoms with Crippen molar-refractivity contribution in [1.82, 2.24) is 4.90 Å². The molecule has 0 spiro atoms. The summed E-state index contributed by atoms with van der Waals surface area (Å²) in [6.45, 7) is 4.14. The molecule has 1 heterocycles. The Labute approximate surface area is 189 Å². The summed E-state index contributed by atoms with van der Waals surface area (Å²) in [5, 5.41) is 0.650. The van der Waals surface area contributed by atoms with Crippen LogP contribution in [0, 0.1) is 0 Å². The van der Waals surface area contributed by atoms with E-state index >= 15 is 0 Å². The van der Waals surface area contributed by atoms with E-state index in [2.05, 4.69) is 0 Å². The van der Waals surface area contributed by atoms with Gasteiger partial charge in [0.1, 0.15) is 0 Å². The van der Waals surface area contributed by atoms with E-state index in [0.717, 1.165) is 23.7 Å². The number of thioether (sulfide) groups is 1. The third kappa shape index (κ3) is 5.12. The molecule has 158 valence electrons. The molecule has 1 aliphatic heterocycles. The first-order valence-corrected chi connectivity index (χ1v) is 10.9. The molecule has 0 saturated carbocycles. The van der Waals surface area contributed by atoms with Gasteiger partial charge in [0.2, 0.25) is 0 Å². The fourth-order valence-electron chi connectivity index (χ4n) is 2.78. The Bertz CT molecular complexity index is 991. The smallest absolute Gasteiger partial charge is 0.293 e. The molecule has 0 aliphatic carbocycles. The fraction of sp³-hybridized carbons (Fsp3) is 0.273. The predicted octanol–water partition coefficient (Wildman–Crippen LogP) is 6.42. The third-order valence-electron chi connectivity index (χ3n) is 4.57. The minimum Gasteiger partial charge on any atom is -0.493 e. The molecule has 0 N–H and O–H groups in total. The summed E-state index contributed by atoms with van der Waals surface area (Å²) in [5.41, 5.74) is 1.46. The molecule has 0 radical (unpaired) electrons. The molecule has 2 aromatic rings. The normalized spacial score (nSPS) is 16.3. The van der Waals surface area contributed by atoms with Crippen LogP contribution in [0.15, 0.2) is 41.3 Å². The maximum atomic E-state index is 12.8. The summed E-state index contributed by atoms with van der Waals surface area (Å²) in [6.07, 6.45) is 2.43. The number of amides is 2. The molecule has 1 aliphatic rings. The molecule has 0 unspecified atom stereocenters. The van der Waals surface area contributed by atoms with E-state index in [1.165, 1.54) is 12.0 Å². The van der Waals surface area contributed by atoms with Gasteiger partial charge in [-0.05, 0) is 66.6 Å². The Morgan fingerprint density at radius 3 is 2.50 bits per heavy atom. The van der Waals surface area contributed by atoms with E-state index in [0.29, 0.717) is 32.0 Å². The second-order valence-corrected chi connectivity index (χ2v) is 8.60. The van der Waals surface area contributed by atoms with Gasteiger partial charge in [-0.1, -0.05) is 42.3 Å². The predicted molar refractivity (Wildman–Crippen MR) is 121 cm³/mol. The second kappa shape index (κ2) is 9.77. The molecular weight excluding hydrogens is 445 g/mol. The van der Waals surface area contributed by atoms with Crippen LogP contribution < -0.4 is 9.47 Å². The number of nitrogens with zero attached hydrogens (tertiary/aromatic N) is 1. The molecule has 2 amide bonds. The average molecular weight is 466 g/mol. The average Bonchev–Trinajstić information content (AvgIpc) is 2.98. The molecule has 1 atom stereocenters. The Morgan fingerprint density at radius 2 is 1.87 bits per heavy atom. The monoisotopic (exact) mass is 465 g/mol. The lowest BCUT2D eigenvalue weighted by atomic mass is 10.1. The van der Waals surface area contributed by atoms with Crippen LogP contribution in [0.25, 0.3) is 6.08 Å². The number of imide groups is 1. The van der Waals surface area contributed by atoms with Crippen molar-refractivity contribution >= 4 is 52.2 Å². The van der Waals surface area contributed by atoms with E-state index in [1.807, 2.05) is 13.8 Å². The number of hydrogen-bond acceptors (Lipinski definition) is 5. The molecule has 0 aromatic heterocycles. The van der Waals surface area contributed by atoms with Gasteiger partial charge in [0.25, 0.3) is 11.1 Å². The van der Waals surface area contributed by atoms with Crippen molar-refractivity contribution in [3.8, 4) is 11.5 Å². The molecule has 8 heteroatoms. The SMILES string of the molecule is CC[C@@H](C)Oc1c(Cl)cc(/C=C2/SC(=O)N(Cc3ccc(Cl)cc3)C2=O)cc1OC. The molecule has 30 heavy (non-hydrogen) atoms. The molecule has 2 aromatic carbocycles. The standard InChI is InChI=1S/C22H21Cl2NO4S/c1-4-13(2)29-20-17(24)9-15(10-18(20)28-3)11-19-21(26)25(22(27)30-19)12-14-5-7-16(23)8-6-14/h5-11,13H,4,12H2,1-3H3/b19-11+/t13-/m1/s1. The van der Waals surface area contributed by atoms with Gasteiger partial charge in [0.05, 0.1) is 29.7 Å². The van der Waals surface area contributed by atoms with Crippen molar-refractivity contribution in [2.24, 2.45) is 0 Å². The first kappa shape index (κ1) is 22.5. The van der Waals surface area contributed by atoms with Gasteiger partial charge in [0.15, 0.2) is 11.5 Å². The molecular formula is C22H21Cl2NO4S. The van der Waals surface area contributed by atoms with Crippen molar-refractivity contribution in [2.75, 3.05) is 7.11 Å². The third-order valence-corrected chi connectivity index (χ3v) is 6.01. The van der Waals surface area contributed by atoms with Crippen LogP contribution in [0.2, 0.25) is 10.0 Å². The molecule has 0 bridgehead atoms. The maximum Gasteiger partial charge on any atom is 0.293 e. The van der Waals surface area contributed by atoms with E-state index in [-0.39, 0.29) is 23.8 Å². The number of methoxy groups -OCH3 is 1. The number of rotatable bonds is 7. The minimum atomic E-state index is -0.352. The largest absolute Gasteiger partial charge is 0.493 e. The van der Waals surface area contributed by atoms with Gasteiger partial charge in [-0.3, -0.25) is 14.5 Å². The lowest BCUT2D eigenvalue weighted by Gasteiger charge is -2.17. The van der Waals surface area contributed by atoms with Crippen LogP contribution in [0.3, 0.4) is 0 Å².